The maximum Gasteiger partial charge on any atom is 0.188 e. The molecule has 0 radical (unpaired) electrons. The number of hydrogen-bond donors (Lipinski definition) is 0. The lowest BCUT2D eigenvalue weighted by Gasteiger charge is -2.07. The van der Waals surface area contributed by atoms with Gasteiger partial charge < -0.3 is 4.74 Å². The molecule has 0 unspecified atom stereocenters. The number of carbonyl (C=O) groups excluding carboxylic acids is 1. The number of Topliss-reactive ketones (excluding diaryl/α,β-unsaturated/α-hetero) is 1. The lowest BCUT2D eigenvalue weighted by molar-refractivity contribution is 0.0585. The third-order valence-corrected chi connectivity index (χ3v) is 2.34. The average molecular weight is 220 g/mol. The first-order chi connectivity index (χ1) is 7.63. The van der Waals surface area contributed by atoms with Gasteiger partial charge >= 0.3 is 0 Å². The monoisotopic (exact) mass is 220 g/mol. The van der Waals surface area contributed by atoms with Crippen LogP contribution in [0.25, 0.3) is 0 Å². The standard InChI is InChI=1S/C14H20O2/c1-4-6-12-7-5-8-13(9-12)14(15)10-16-11(2)3/h5,7-9,11H,4,6,10H2,1-3H3. The van der Waals surface area contributed by atoms with Crippen molar-refractivity contribution in [3.05, 3.63) is 35.4 Å². The Kier molecular flexibility index (Phi) is 5.20. The second-order valence-electron chi connectivity index (χ2n) is 4.23. The summed E-state index contributed by atoms with van der Waals surface area (Å²) in [4.78, 5) is 11.8. The molecule has 0 aliphatic rings. The highest BCUT2D eigenvalue weighted by Crippen LogP contribution is 2.08. The molecule has 0 spiro atoms. The lowest BCUT2D eigenvalue weighted by Crippen LogP contribution is -2.13. The molecule has 0 saturated heterocycles. The van der Waals surface area contributed by atoms with Crippen LogP contribution in [0.3, 0.4) is 0 Å². The third-order valence-electron chi connectivity index (χ3n) is 2.34. The van der Waals surface area contributed by atoms with E-state index in [1.54, 1.807) is 0 Å². The van der Waals surface area contributed by atoms with Gasteiger partial charge in [-0.05, 0) is 31.9 Å². The Morgan fingerprint density at radius 1 is 1.38 bits per heavy atom. The Hall–Kier alpha value is -1.15. The van der Waals surface area contributed by atoms with Gasteiger partial charge in [0, 0.05) is 5.56 Å². The van der Waals surface area contributed by atoms with Crippen LogP contribution in [0.1, 0.15) is 43.1 Å². The molecule has 0 aliphatic carbocycles. The number of ether oxygens (including phenoxy) is 1. The van der Waals surface area contributed by atoms with Gasteiger partial charge in [-0.15, -0.1) is 0 Å². The molecule has 2 heteroatoms. The van der Waals surface area contributed by atoms with Gasteiger partial charge in [0.1, 0.15) is 6.61 Å². The van der Waals surface area contributed by atoms with Crippen LogP contribution in [0.15, 0.2) is 24.3 Å². The Bertz CT molecular complexity index is 342. The van der Waals surface area contributed by atoms with Crippen molar-refractivity contribution in [3.63, 3.8) is 0 Å². The smallest absolute Gasteiger partial charge is 0.188 e. The van der Waals surface area contributed by atoms with Crippen molar-refractivity contribution in [1.29, 1.82) is 0 Å². The second-order valence-corrected chi connectivity index (χ2v) is 4.23. The maximum atomic E-state index is 11.8. The highest BCUT2D eigenvalue weighted by molar-refractivity contribution is 5.97. The molecule has 0 amide bonds. The molecule has 0 saturated carbocycles. The number of benzene rings is 1. The van der Waals surface area contributed by atoms with E-state index in [1.807, 2.05) is 32.0 Å². The summed E-state index contributed by atoms with van der Waals surface area (Å²) < 4.78 is 5.31. The molecule has 0 bridgehead atoms. The first kappa shape index (κ1) is 12.9. The fourth-order valence-corrected chi connectivity index (χ4v) is 1.51. The molecule has 16 heavy (non-hydrogen) atoms. The van der Waals surface area contributed by atoms with Gasteiger partial charge in [0.05, 0.1) is 6.10 Å². The first-order valence-corrected chi connectivity index (χ1v) is 5.87. The van der Waals surface area contributed by atoms with Gasteiger partial charge in [-0.1, -0.05) is 31.5 Å². The van der Waals surface area contributed by atoms with Crippen LogP contribution >= 0.6 is 0 Å². The zero-order chi connectivity index (χ0) is 12.0. The van der Waals surface area contributed by atoms with Crippen molar-refractivity contribution in [2.45, 2.75) is 39.7 Å². The van der Waals surface area contributed by atoms with Crippen LogP contribution < -0.4 is 0 Å². The number of carbonyl (C=O) groups is 1. The maximum absolute atomic E-state index is 11.8. The van der Waals surface area contributed by atoms with Crippen LogP contribution in [-0.2, 0) is 11.2 Å². The fraction of sp³-hybridized carbons (Fsp3) is 0.500. The fourth-order valence-electron chi connectivity index (χ4n) is 1.51. The number of ketones is 1. The summed E-state index contributed by atoms with van der Waals surface area (Å²) in [5, 5.41) is 0. The first-order valence-electron chi connectivity index (χ1n) is 5.87. The van der Waals surface area contributed by atoms with Crippen molar-refractivity contribution in [3.8, 4) is 0 Å². The summed E-state index contributed by atoms with van der Waals surface area (Å²) in [6.45, 7) is 6.17. The molecule has 0 N–H and O–H groups in total. The normalized spacial score (nSPS) is 10.8. The molecule has 0 aliphatic heterocycles. The van der Waals surface area contributed by atoms with Crippen molar-refractivity contribution >= 4 is 5.78 Å². The highest BCUT2D eigenvalue weighted by atomic mass is 16.5. The molecule has 88 valence electrons. The van der Waals surface area contributed by atoms with Crippen molar-refractivity contribution < 1.29 is 9.53 Å². The predicted octanol–water partition coefficient (Wildman–Crippen LogP) is 3.25. The van der Waals surface area contributed by atoms with Gasteiger partial charge in [-0.25, -0.2) is 0 Å². The van der Waals surface area contributed by atoms with Crippen LogP contribution in [-0.4, -0.2) is 18.5 Å². The minimum Gasteiger partial charge on any atom is -0.371 e. The van der Waals surface area contributed by atoms with Crippen molar-refractivity contribution in [2.24, 2.45) is 0 Å². The van der Waals surface area contributed by atoms with E-state index in [0.29, 0.717) is 0 Å². The van der Waals surface area contributed by atoms with Gasteiger partial charge in [-0.3, -0.25) is 4.79 Å². The van der Waals surface area contributed by atoms with E-state index in [0.717, 1.165) is 18.4 Å². The summed E-state index contributed by atoms with van der Waals surface area (Å²) in [7, 11) is 0. The van der Waals surface area contributed by atoms with Crippen molar-refractivity contribution in [1.82, 2.24) is 0 Å². The van der Waals surface area contributed by atoms with E-state index in [-0.39, 0.29) is 18.5 Å². The third kappa shape index (κ3) is 4.15. The summed E-state index contributed by atoms with van der Waals surface area (Å²) >= 11 is 0. The summed E-state index contributed by atoms with van der Waals surface area (Å²) in [6.07, 6.45) is 2.22. The van der Waals surface area contributed by atoms with Crippen molar-refractivity contribution in [2.75, 3.05) is 6.61 Å². The molecular weight excluding hydrogens is 200 g/mol. The number of rotatable bonds is 6. The van der Waals surface area contributed by atoms with Gasteiger partial charge in [0.25, 0.3) is 0 Å². The van der Waals surface area contributed by atoms with E-state index < -0.39 is 0 Å². The second kappa shape index (κ2) is 6.44. The van der Waals surface area contributed by atoms with Crippen LogP contribution in [0.5, 0.6) is 0 Å². The molecule has 0 atom stereocenters. The summed E-state index contributed by atoms with van der Waals surface area (Å²) in [5.74, 6) is 0.0617. The minimum absolute atomic E-state index is 0.0617. The number of aryl methyl sites for hydroxylation is 1. The number of hydrogen-bond acceptors (Lipinski definition) is 2. The van der Waals surface area contributed by atoms with Crippen LogP contribution in [0.2, 0.25) is 0 Å². The summed E-state index contributed by atoms with van der Waals surface area (Å²) in [5.41, 5.74) is 1.98. The largest absolute Gasteiger partial charge is 0.371 e. The predicted molar refractivity (Wildman–Crippen MR) is 65.9 cm³/mol. The highest BCUT2D eigenvalue weighted by Gasteiger charge is 2.07. The Balaban J connectivity index is 2.64. The molecular formula is C14H20O2. The Morgan fingerprint density at radius 3 is 2.75 bits per heavy atom. The van der Waals surface area contributed by atoms with E-state index >= 15 is 0 Å². The Labute approximate surface area is 97.6 Å². The molecule has 1 aromatic rings. The molecule has 0 fully saturated rings. The van der Waals surface area contributed by atoms with E-state index in [1.165, 1.54) is 5.56 Å². The van der Waals surface area contributed by atoms with E-state index in [2.05, 4.69) is 13.0 Å². The summed E-state index contributed by atoms with van der Waals surface area (Å²) in [6, 6.07) is 7.82. The molecule has 0 aromatic heterocycles. The molecule has 1 aromatic carbocycles. The van der Waals surface area contributed by atoms with E-state index in [4.69, 9.17) is 4.74 Å². The van der Waals surface area contributed by atoms with Crippen LogP contribution in [0.4, 0.5) is 0 Å². The molecule has 0 heterocycles. The van der Waals surface area contributed by atoms with Gasteiger partial charge in [0.2, 0.25) is 0 Å². The SMILES string of the molecule is CCCc1cccc(C(=O)COC(C)C)c1. The quantitative estimate of drug-likeness (QED) is 0.688. The average Bonchev–Trinajstić information content (AvgIpc) is 2.26. The van der Waals surface area contributed by atoms with Gasteiger partial charge in [0.15, 0.2) is 5.78 Å². The lowest BCUT2D eigenvalue weighted by atomic mass is 10.0. The topological polar surface area (TPSA) is 26.3 Å². The molecule has 2 nitrogen and oxygen atoms in total. The Morgan fingerprint density at radius 2 is 2.12 bits per heavy atom. The molecule has 1 rings (SSSR count). The zero-order valence-corrected chi connectivity index (χ0v) is 10.3. The van der Waals surface area contributed by atoms with E-state index in [9.17, 15) is 4.79 Å². The van der Waals surface area contributed by atoms with Crippen LogP contribution in [0, 0.1) is 0 Å². The minimum atomic E-state index is 0.0617. The van der Waals surface area contributed by atoms with Gasteiger partial charge in [-0.2, -0.15) is 0 Å². The zero-order valence-electron chi connectivity index (χ0n) is 10.3.